The van der Waals surface area contributed by atoms with Gasteiger partial charge in [-0.3, -0.25) is 20.2 Å². The van der Waals surface area contributed by atoms with Crippen molar-refractivity contribution in [1.29, 1.82) is 0 Å². The summed E-state index contributed by atoms with van der Waals surface area (Å²) in [5.41, 5.74) is -2.50. The third-order valence-corrected chi connectivity index (χ3v) is 2.69. The molecule has 1 aliphatic heterocycles. The van der Waals surface area contributed by atoms with Crippen molar-refractivity contribution in [2.75, 3.05) is 6.61 Å². The van der Waals surface area contributed by atoms with Gasteiger partial charge >= 0.3 is 6.03 Å². The van der Waals surface area contributed by atoms with Crippen LogP contribution in [0.2, 0.25) is 0 Å². The molecule has 4 amide bonds. The van der Waals surface area contributed by atoms with Crippen molar-refractivity contribution in [3.63, 3.8) is 0 Å². The second kappa shape index (κ2) is 4.69. The molecule has 0 aromatic heterocycles. The van der Waals surface area contributed by atoms with Gasteiger partial charge in [-0.15, -0.1) is 0 Å². The molecule has 0 spiro atoms. The van der Waals surface area contributed by atoms with Crippen molar-refractivity contribution in [2.45, 2.75) is 12.5 Å². The summed E-state index contributed by atoms with van der Waals surface area (Å²) in [5.74, 6) is -2.01. The van der Waals surface area contributed by atoms with Crippen LogP contribution in [0.4, 0.5) is 4.79 Å². The van der Waals surface area contributed by atoms with Crippen LogP contribution in [-0.4, -0.2) is 29.6 Å². The van der Waals surface area contributed by atoms with Crippen LogP contribution in [-0.2, 0) is 15.2 Å². The molecule has 100 valence electrons. The molecule has 3 N–H and O–H groups in total. The molecule has 1 fully saturated rings. The average Bonchev–Trinajstić information content (AvgIpc) is 2.37. The molecule has 7 nitrogen and oxygen atoms in total. The molecule has 2 rings (SSSR count). The van der Waals surface area contributed by atoms with E-state index in [1.165, 1.54) is 12.1 Å². The molecule has 0 bridgehead atoms. The molecule has 0 unspecified atom stereocenters. The molecule has 0 saturated carbocycles. The lowest BCUT2D eigenvalue weighted by Crippen LogP contribution is -2.64. The van der Waals surface area contributed by atoms with E-state index >= 15 is 0 Å². The number of hydrogen-bond acceptors (Lipinski definition) is 5. The summed E-state index contributed by atoms with van der Waals surface area (Å²) in [7, 11) is 0. The highest BCUT2D eigenvalue weighted by atomic mass is 16.5. The van der Waals surface area contributed by atoms with E-state index in [2.05, 4.69) is 0 Å². The third-order valence-electron chi connectivity index (χ3n) is 2.69. The molecule has 19 heavy (non-hydrogen) atoms. The van der Waals surface area contributed by atoms with Crippen LogP contribution < -0.4 is 15.4 Å². The highest BCUT2D eigenvalue weighted by Gasteiger charge is 2.52. The predicted octanol–water partition coefficient (Wildman–Crippen LogP) is -0.361. The number of amides is 4. The first kappa shape index (κ1) is 13.0. The average molecular weight is 264 g/mol. The van der Waals surface area contributed by atoms with Gasteiger partial charge in [0.15, 0.2) is 0 Å². The van der Waals surface area contributed by atoms with Gasteiger partial charge in [-0.2, -0.15) is 0 Å². The summed E-state index contributed by atoms with van der Waals surface area (Å²) in [4.78, 5) is 34.6. The van der Waals surface area contributed by atoms with Gasteiger partial charge in [0.25, 0.3) is 17.4 Å². The Hall–Kier alpha value is -2.41. The van der Waals surface area contributed by atoms with Crippen LogP contribution in [0.3, 0.4) is 0 Å². The number of carbonyl (C=O) groups is 3. The lowest BCUT2D eigenvalue weighted by atomic mass is 9.90. The largest absolute Gasteiger partial charge is 0.493 e. The van der Waals surface area contributed by atoms with Gasteiger partial charge < -0.3 is 9.84 Å². The predicted molar refractivity (Wildman–Crippen MR) is 63.2 cm³/mol. The summed E-state index contributed by atoms with van der Waals surface area (Å²) in [5, 5.41) is 14.1. The lowest BCUT2D eigenvalue weighted by Gasteiger charge is -2.30. The fourth-order valence-electron chi connectivity index (χ4n) is 1.81. The third kappa shape index (κ3) is 2.04. The number of carbonyl (C=O) groups excluding carboxylic acids is 3. The van der Waals surface area contributed by atoms with Gasteiger partial charge in [0.1, 0.15) is 5.75 Å². The standard InChI is InChI=1S/C12H12N2O5/c1-2-19-8-6-4-3-5-7(8)12(18)9(15)13-11(17)14-10(12)16/h3-6,18H,2H2,1H3,(H2,13,14,15,16,17). The minimum atomic E-state index is -2.49. The van der Waals surface area contributed by atoms with E-state index in [1.54, 1.807) is 19.1 Å². The van der Waals surface area contributed by atoms with Gasteiger partial charge in [0.05, 0.1) is 6.61 Å². The zero-order valence-corrected chi connectivity index (χ0v) is 10.1. The van der Waals surface area contributed by atoms with Gasteiger partial charge in [-0.05, 0) is 13.0 Å². The van der Waals surface area contributed by atoms with E-state index in [4.69, 9.17) is 4.74 Å². The molecule has 1 aromatic carbocycles. The Bertz CT molecular complexity index is 535. The number of urea groups is 1. The Balaban J connectivity index is 2.52. The van der Waals surface area contributed by atoms with E-state index in [0.717, 1.165) is 0 Å². The van der Waals surface area contributed by atoms with Crippen molar-refractivity contribution in [3.05, 3.63) is 29.8 Å². The zero-order valence-electron chi connectivity index (χ0n) is 10.1. The van der Waals surface area contributed by atoms with Crippen molar-refractivity contribution >= 4 is 17.8 Å². The van der Waals surface area contributed by atoms with Crippen molar-refractivity contribution in [1.82, 2.24) is 10.6 Å². The number of ether oxygens (including phenoxy) is 1. The van der Waals surface area contributed by atoms with E-state index in [9.17, 15) is 19.5 Å². The molecule has 1 heterocycles. The number of imide groups is 2. The van der Waals surface area contributed by atoms with Crippen LogP contribution in [0.15, 0.2) is 24.3 Å². The van der Waals surface area contributed by atoms with Crippen molar-refractivity contribution in [2.24, 2.45) is 0 Å². The SMILES string of the molecule is CCOc1ccccc1C1(O)C(=O)NC(=O)NC1=O. The maximum absolute atomic E-state index is 11.8. The molecule has 0 radical (unpaired) electrons. The van der Waals surface area contributed by atoms with E-state index in [0.29, 0.717) is 6.61 Å². The summed E-state index contributed by atoms with van der Waals surface area (Å²) >= 11 is 0. The molecule has 1 saturated heterocycles. The monoisotopic (exact) mass is 264 g/mol. The maximum Gasteiger partial charge on any atom is 0.328 e. The summed E-state index contributed by atoms with van der Waals surface area (Å²) in [6.07, 6.45) is 0. The van der Waals surface area contributed by atoms with Gasteiger partial charge in [0.2, 0.25) is 0 Å². The zero-order chi connectivity index (χ0) is 14.0. The minimum Gasteiger partial charge on any atom is -0.493 e. The fourth-order valence-corrected chi connectivity index (χ4v) is 1.81. The van der Waals surface area contributed by atoms with Crippen LogP contribution in [0.5, 0.6) is 5.75 Å². The number of barbiturate groups is 1. The topological polar surface area (TPSA) is 105 Å². The Morgan fingerprint density at radius 1 is 1.16 bits per heavy atom. The number of para-hydroxylation sites is 1. The molecule has 0 atom stereocenters. The quantitative estimate of drug-likeness (QED) is 0.646. The minimum absolute atomic E-state index is 0.0145. The summed E-state index contributed by atoms with van der Waals surface area (Å²) in [6, 6.07) is 5.14. The number of hydrogen-bond donors (Lipinski definition) is 3. The Morgan fingerprint density at radius 3 is 2.32 bits per heavy atom. The first-order valence-electron chi connectivity index (χ1n) is 5.61. The van der Waals surface area contributed by atoms with Crippen LogP contribution in [0.1, 0.15) is 12.5 Å². The normalized spacial score (nSPS) is 17.7. The van der Waals surface area contributed by atoms with Crippen molar-refractivity contribution in [3.8, 4) is 5.75 Å². The number of aliphatic hydroxyl groups is 1. The highest BCUT2D eigenvalue weighted by Crippen LogP contribution is 2.31. The van der Waals surface area contributed by atoms with Gasteiger partial charge in [-0.25, -0.2) is 4.79 Å². The highest BCUT2D eigenvalue weighted by molar-refractivity contribution is 6.21. The second-order valence-corrected chi connectivity index (χ2v) is 3.88. The number of rotatable bonds is 3. The Kier molecular flexibility index (Phi) is 3.22. The Labute approximate surface area is 108 Å². The van der Waals surface area contributed by atoms with Crippen LogP contribution in [0, 0.1) is 0 Å². The van der Waals surface area contributed by atoms with Crippen LogP contribution in [0.25, 0.3) is 0 Å². The second-order valence-electron chi connectivity index (χ2n) is 3.88. The van der Waals surface area contributed by atoms with Crippen molar-refractivity contribution < 1.29 is 24.2 Å². The molecule has 1 aliphatic rings. The molecule has 1 aromatic rings. The lowest BCUT2D eigenvalue weighted by molar-refractivity contribution is -0.155. The summed E-state index contributed by atoms with van der Waals surface area (Å²) < 4.78 is 5.27. The molecular formula is C12H12N2O5. The number of benzene rings is 1. The van der Waals surface area contributed by atoms with E-state index < -0.39 is 23.4 Å². The fraction of sp³-hybridized carbons (Fsp3) is 0.250. The molecular weight excluding hydrogens is 252 g/mol. The van der Waals surface area contributed by atoms with E-state index in [1.807, 2.05) is 10.6 Å². The van der Waals surface area contributed by atoms with Crippen LogP contribution >= 0.6 is 0 Å². The van der Waals surface area contributed by atoms with E-state index in [-0.39, 0.29) is 11.3 Å². The smallest absolute Gasteiger partial charge is 0.328 e. The Morgan fingerprint density at radius 2 is 1.74 bits per heavy atom. The van der Waals surface area contributed by atoms with Gasteiger partial charge in [-0.1, -0.05) is 18.2 Å². The van der Waals surface area contributed by atoms with Gasteiger partial charge in [0, 0.05) is 5.56 Å². The maximum atomic E-state index is 11.8. The first-order chi connectivity index (χ1) is 9.00. The summed E-state index contributed by atoms with van der Waals surface area (Å²) in [6.45, 7) is 2.03. The molecule has 0 aliphatic carbocycles. The molecule has 7 heteroatoms. The first-order valence-corrected chi connectivity index (χ1v) is 5.61. The number of nitrogens with one attached hydrogen (secondary N) is 2.